The molecular formula is C17H15ClFNO3. The Morgan fingerprint density at radius 3 is 2.57 bits per heavy atom. The zero-order chi connectivity index (χ0) is 16.8. The molecule has 1 atom stereocenters. The lowest BCUT2D eigenvalue weighted by Gasteiger charge is -2.14. The number of halogens is 2. The highest BCUT2D eigenvalue weighted by Gasteiger charge is 2.13. The van der Waals surface area contributed by atoms with E-state index < -0.39 is 24.3 Å². The van der Waals surface area contributed by atoms with Crippen molar-refractivity contribution in [2.24, 2.45) is 0 Å². The molecule has 0 aliphatic carbocycles. The third-order valence-electron chi connectivity index (χ3n) is 3.14. The number of carbonyl (C=O) groups is 2. The van der Waals surface area contributed by atoms with Crippen molar-refractivity contribution in [3.05, 3.63) is 70.5 Å². The predicted molar refractivity (Wildman–Crippen MR) is 84.7 cm³/mol. The average molecular weight is 336 g/mol. The SMILES string of the molecule is CC(NC(=O)COC(=O)c1ccc(F)cc1)c1cccc(Cl)c1. The lowest BCUT2D eigenvalue weighted by atomic mass is 10.1. The second-order valence-corrected chi connectivity index (χ2v) is 5.36. The molecule has 0 fully saturated rings. The molecule has 1 unspecified atom stereocenters. The van der Waals surface area contributed by atoms with Crippen molar-refractivity contribution < 1.29 is 18.7 Å². The van der Waals surface area contributed by atoms with Gasteiger partial charge in [-0.15, -0.1) is 0 Å². The first-order chi connectivity index (χ1) is 11.0. The number of ether oxygens (including phenoxy) is 1. The van der Waals surface area contributed by atoms with E-state index in [1.807, 2.05) is 6.07 Å². The summed E-state index contributed by atoms with van der Waals surface area (Å²) in [6.07, 6.45) is 0. The molecule has 2 aromatic carbocycles. The number of hydrogen-bond acceptors (Lipinski definition) is 3. The Hall–Kier alpha value is -2.40. The highest BCUT2D eigenvalue weighted by Crippen LogP contribution is 2.17. The summed E-state index contributed by atoms with van der Waals surface area (Å²) < 4.78 is 17.7. The van der Waals surface area contributed by atoms with Gasteiger partial charge < -0.3 is 10.1 Å². The Bertz CT molecular complexity index is 703. The number of rotatable bonds is 5. The summed E-state index contributed by atoms with van der Waals surface area (Å²) in [5.41, 5.74) is 1.03. The van der Waals surface area contributed by atoms with Crippen LogP contribution in [0.2, 0.25) is 5.02 Å². The molecule has 0 saturated carbocycles. The van der Waals surface area contributed by atoms with E-state index in [9.17, 15) is 14.0 Å². The molecule has 0 aliphatic heterocycles. The Balaban J connectivity index is 1.85. The molecule has 0 bridgehead atoms. The van der Waals surface area contributed by atoms with E-state index in [2.05, 4.69) is 5.32 Å². The van der Waals surface area contributed by atoms with Gasteiger partial charge in [-0.3, -0.25) is 4.79 Å². The molecule has 2 rings (SSSR count). The zero-order valence-electron chi connectivity index (χ0n) is 12.4. The molecule has 23 heavy (non-hydrogen) atoms. The Morgan fingerprint density at radius 2 is 1.91 bits per heavy atom. The van der Waals surface area contributed by atoms with Gasteiger partial charge >= 0.3 is 5.97 Å². The second kappa shape index (κ2) is 7.74. The minimum Gasteiger partial charge on any atom is -0.452 e. The van der Waals surface area contributed by atoms with Crippen LogP contribution in [0, 0.1) is 5.82 Å². The summed E-state index contributed by atoms with van der Waals surface area (Å²) in [5, 5.41) is 3.28. The van der Waals surface area contributed by atoms with Gasteiger partial charge in [0.1, 0.15) is 5.82 Å². The summed E-state index contributed by atoms with van der Waals surface area (Å²) in [6, 6.07) is 11.7. The summed E-state index contributed by atoms with van der Waals surface area (Å²) in [7, 11) is 0. The number of hydrogen-bond donors (Lipinski definition) is 1. The topological polar surface area (TPSA) is 55.4 Å². The van der Waals surface area contributed by atoms with Crippen molar-refractivity contribution in [3.8, 4) is 0 Å². The fourth-order valence-corrected chi connectivity index (χ4v) is 2.14. The fraction of sp³-hybridized carbons (Fsp3) is 0.176. The lowest BCUT2D eigenvalue weighted by Crippen LogP contribution is -2.31. The first-order valence-electron chi connectivity index (χ1n) is 6.93. The van der Waals surface area contributed by atoms with Crippen LogP contribution in [0.4, 0.5) is 4.39 Å². The zero-order valence-corrected chi connectivity index (χ0v) is 13.1. The first kappa shape index (κ1) is 17.0. The van der Waals surface area contributed by atoms with Crippen molar-refractivity contribution >= 4 is 23.5 Å². The molecule has 1 N–H and O–H groups in total. The molecule has 6 heteroatoms. The molecular weight excluding hydrogens is 321 g/mol. The fourth-order valence-electron chi connectivity index (χ4n) is 1.94. The van der Waals surface area contributed by atoms with E-state index >= 15 is 0 Å². The molecule has 0 aliphatic rings. The van der Waals surface area contributed by atoms with Crippen LogP contribution < -0.4 is 5.32 Å². The second-order valence-electron chi connectivity index (χ2n) is 4.93. The van der Waals surface area contributed by atoms with E-state index in [-0.39, 0.29) is 11.6 Å². The van der Waals surface area contributed by atoms with Gasteiger partial charge in [-0.05, 0) is 48.9 Å². The van der Waals surface area contributed by atoms with Gasteiger partial charge in [0.25, 0.3) is 5.91 Å². The van der Waals surface area contributed by atoms with E-state index in [1.54, 1.807) is 25.1 Å². The Labute approximate surface area is 138 Å². The minimum absolute atomic E-state index is 0.182. The number of benzene rings is 2. The predicted octanol–water partition coefficient (Wildman–Crippen LogP) is 3.51. The molecule has 0 radical (unpaired) electrons. The largest absolute Gasteiger partial charge is 0.452 e. The quantitative estimate of drug-likeness (QED) is 0.851. The van der Waals surface area contributed by atoms with Gasteiger partial charge in [-0.25, -0.2) is 9.18 Å². The molecule has 4 nitrogen and oxygen atoms in total. The molecule has 0 aromatic heterocycles. The van der Waals surface area contributed by atoms with Crippen LogP contribution in [0.5, 0.6) is 0 Å². The number of amides is 1. The Kier molecular flexibility index (Phi) is 5.71. The van der Waals surface area contributed by atoms with Crippen LogP contribution >= 0.6 is 11.6 Å². The molecule has 120 valence electrons. The summed E-state index contributed by atoms with van der Waals surface area (Å²) in [6.45, 7) is 1.38. The third-order valence-corrected chi connectivity index (χ3v) is 3.38. The molecule has 0 heterocycles. The van der Waals surface area contributed by atoms with Crippen molar-refractivity contribution in [3.63, 3.8) is 0 Å². The van der Waals surface area contributed by atoms with E-state index in [0.717, 1.165) is 17.7 Å². The molecule has 2 aromatic rings. The number of esters is 1. The maximum absolute atomic E-state index is 12.8. The Morgan fingerprint density at radius 1 is 1.22 bits per heavy atom. The van der Waals surface area contributed by atoms with Crippen LogP contribution in [0.1, 0.15) is 28.9 Å². The number of carbonyl (C=O) groups excluding carboxylic acids is 2. The van der Waals surface area contributed by atoms with Crippen LogP contribution in [0.3, 0.4) is 0 Å². The number of nitrogens with one attached hydrogen (secondary N) is 1. The molecule has 0 saturated heterocycles. The van der Waals surface area contributed by atoms with Crippen LogP contribution in [-0.4, -0.2) is 18.5 Å². The van der Waals surface area contributed by atoms with Crippen molar-refractivity contribution in [2.45, 2.75) is 13.0 Å². The van der Waals surface area contributed by atoms with Crippen molar-refractivity contribution in [1.29, 1.82) is 0 Å². The maximum atomic E-state index is 12.8. The standard InChI is InChI=1S/C17H15ClFNO3/c1-11(13-3-2-4-14(18)9-13)20-16(21)10-23-17(22)12-5-7-15(19)8-6-12/h2-9,11H,10H2,1H3,(H,20,21). The van der Waals surface area contributed by atoms with Crippen LogP contribution in [0.15, 0.2) is 48.5 Å². The van der Waals surface area contributed by atoms with E-state index in [1.165, 1.54) is 12.1 Å². The van der Waals surface area contributed by atoms with Gasteiger partial charge in [0.2, 0.25) is 0 Å². The highest BCUT2D eigenvalue weighted by atomic mass is 35.5. The van der Waals surface area contributed by atoms with Gasteiger partial charge in [-0.2, -0.15) is 0 Å². The smallest absolute Gasteiger partial charge is 0.338 e. The third kappa shape index (κ3) is 5.07. The normalized spacial score (nSPS) is 11.6. The monoisotopic (exact) mass is 335 g/mol. The van der Waals surface area contributed by atoms with Crippen LogP contribution in [-0.2, 0) is 9.53 Å². The van der Waals surface area contributed by atoms with Crippen molar-refractivity contribution in [1.82, 2.24) is 5.32 Å². The highest BCUT2D eigenvalue weighted by molar-refractivity contribution is 6.30. The van der Waals surface area contributed by atoms with Gasteiger partial charge in [0.15, 0.2) is 6.61 Å². The molecule has 1 amide bonds. The summed E-state index contributed by atoms with van der Waals surface area (Å²) in [4.78, 5) is 23.5. The van der Waals surface area contributed by atoms with Gasteiger partial charge in [0.05, 0.1) is 11.6 Å². The van der Waals surface area contributed by atoms with Crippen LogP contribution in [0.25, 0.3) is 0 Å². The molecule has 0 spiro atoms. The van der Waals surface area contributed by atoms with Gasteiger partial charge in [-0.1, -0.05) is 23.7 Å². The maximum Gasteiger partial charge on any atom is 0.338 e. The van der Waals surface area contributed by atoms with Gasteiger partial charge in [0, 0.05) is 5.02 Å². The summed E-state index contributed by atoms with van der Waals surface area (Å²) in [5.74, 6) is -1.57. The van der Waals surface area contributed by atoms with E-state index in [0.29, 0.717) is 5.02 Å². The van der Waals surface area contributed by atoms with E-state index in [4.69, 9.17) is 16.3 Å². The minimum atomic E-state index is -0.685. The van der Waals surface area contributed by atoms with Crippen molar-refractivity contribution in [2.75, 3.05) is 6.61 Å². The lowest BCUT2D eigenvalue weighted by molar-refractivity contribution is -0.124. The average Bonchev–Trinajstić information content (AvgIpc) is 2.53. The first-order valence-corrected chi connectivity index (χ1v) is 7.31. The summed E-state index contributed by atoms with van der Waals surface area (Å²) >= 11 is 5.90.